The van der Waals surface area contributed by atoms with Crippen molar-refractivity contribution in [2.45, 2.75) is 26.7 Å². The average molecular weight is 217 g/mol. The second-order valence-corrected chi connectivity index (χ2v) is 4.12. The van der Waals surface area contributed by atoms with Gasteiger partial charge < -0.3 is 4.74 Å². The molecule has 0 radical (unpaired) electrons. The molecule has 0 aromatic carbocycles. The van der Waals surface area contributed by atoms with Crippen LogP contribution < -0.4 is 0 Å². The lowest BCUT2D eigenvalue weighted by atomic mass is 10.0. The number of Topliss-reactive ketones (excluding diaryl/α,β-unsaturated/α-hetero) is 1. The van der Waals surface area contributed by atoms with Gasteiger partial charge >= 0.3 is 0 Å². The van der Waals surface area contributed by atoms with Gasteiger partial charge in [0.15, 0.2) is 0 Å². The first-order valence-corrected chi connectivity index (χ1v) is 5.47. The van der Waals surface area contributed by atoms with Gasteiger partial charge in [0.05, 0.1) is 12.9 Å². The Morgan fingerprint density at radius 3 is 2.88 bits per heavy atom. The number of allylic oxidation sites excluding steroid dienone is 1. The second-order valence-electron chi connectivity index (χ2n) is 4.12. The molecule has 1 aliphatic heterocycles. The van der Waals surface area contributed by atoms with Crippen LogP contribution in [0.25, 0.3) is 0 Å². The molecule has 3 nitrogen and oxygen atoms in total. The van der Waals surface area contributed by atoms with Crippen LogP contribution in [0.1, 0.15) is 34.5 Å². The predicted octanol–water partition coefficient (Wildman–Crippen LogP) is 2.58. The van der Waals surface area contributed by atoms with Gasteiger partial charge in [0.25, 0.3) is 0 Å². The van der Waals surface area contributed by atoms with Crippen LogP contribution in [0, 0.1) is 13.8 Å². The summed E-state index contributed by atoms with van der Waals surface area (Å²) in [7, 11) is 0. The average Bonchev–Trinajstić information content (AvgIpc) is 2.29. The molecule has 0 fully saturated rings. The number of carbonyl (C=O) groups is 1. The molecule has 16 heavy (non-hydrogen) atoms. The lowest BCUT2D eigenvalue weighted by molar-refractivity contribution is 0.100. The predicted molar refractivity (Wildman–Crippen MR) is 61.3 cm³/mol. The van der Waals surface area contributed by atoms with Crippen molar-refractivity contribution in [3.05, 3.63) is 40.9 Å². The first-order valence-electron chi connectivity index (χ1n) is 5.47. The minimum absolute atomic E-state index is 0.00259. The fourth-order valence-corrected chi connectivity index (χ4v) is 1.84. The van der Waals surface area contributed by atoms with Crippen molar-refractivity contribution in [1.82, 2.24) is 4.98 Å². The van der Waals surface area contributed by atoms with Crippen molar-refractivity contribution in [3.63, 3.8) is 0 Å². The highest BCUT2D eigenvalue weighted by Gasteiger charge is 2.18. The molecular weight excluding hydrogens is 202 g/mol. The number of carbonyl (C=O) groups excluding carboxylic acids is 1. The SMILES string of the molecule is Cc1cnc(C(=O)C2=COCCC2)c(C)c1. The molecular formula is C13H15NO2. The Kier molecular flexibility index (Phi) is 3.04. The van der Waals surface area contributed by atoms with Gasteiger partial charge in [-0.3, -0.25) is 9.78 Å². The van der Waals surface area contributed by atoms with Crippen LogP contribution in [0.2, 0.25) is 0 Å². The molecule has 0 N–H and O–H groups in total. The van der Waals surface area contributed by atoms with Crippen LogP contribution in [0.5, 0.6) is 0 Å². The quantitative estimate of drug-likeness (QED) is 0.715. The van der Waals surface area contributed by atoms with Gasteiger partial charge in [-0.2, -0.15) is 0 Å². The van der Waals surface area contributed by atoms with Crippen molar-refractivity contribution >= 4 is 5.78 Å². The molecule has 84 valence electrons. The van der Waals surface area contributed by atoms with E-state index >= 15 is 0 Å². The zero-order valence-electron chi connectivity index (χ0n) is 9.62. The molecule has 0 amide bonds. The molecule has 0 spiro atoms. The third-order valence-electron chi connectivity index (χ3n) is 2.66. The Bertz CT molecular complexity index is 449. The number of hydrogen-bond acceptors (Lipinski definition) is 3. The summed E-state index contributed by atoms with van der Waals surface area (Å²) >= 11 is 0. The molecule has 0 saturated carbocycles. The van der Waals surface area contributed by atoms with Gasteiger partial charge in [-0.25, -0.2) is 0 Å². The van der Waals surface area contributed by atoms with E-state index in [2.05, 4.69) is 4.98 Å². The zero-order valence-corrected chi connectivity index (χ0v) is 9.62. The highest BCUT2D eigenvalue weighted by Crippen LogP contribution is 2.18. The molecule has 0 atom stereocenters. The van der Waals surface area contributed by atoms with Crippen LogP contribution in [-0.4, -0.2) is 17.4 Å². The van der Waals surface area contributed by atoms with E-state index < -0.39 is 0 Å². The summed E-state index contributed by atoms with van der Waals surface area (Å²) in [5, 5.41) is 0. The smallest absolute Gasteiger partial charge is 0.210 e. The molecule has 2 rings (SSSR count). The number of hydrogen-bond donors (Lipinski definition) is 0. The van der Waals surface area contributed by atoms with E-state index in [1.54, 1.807) is 12.5 Å². The third-order valence-corrected chi connectivity index (χ3v) is 2.66. The summed E-state index contributed by atoms with van der Waals surface area (Å²) in [6, 6.07) is 1.98. The summed E-state index contributed by atoms with van der Waals surface area (Å²) in [6.45, 7) is 4.59. The lowest BCUT2D eigenvalue weighted by Gasteiger charge is -2.13. The van der Waals surface area contributed by atoms with Crippen molar-refractivity contribution in [2.24, 2.45) is 0 Å². The number of rotatable bonds is 2. The Hall–Kier alpha value is -1.64. The van der Waals surface area contributed by atoms with Crippen molar-refractivity contribution in [1.29, 1.82) is 0 Å². The van der Waals surface area contributed by atoms with Crippen molar-refractivity contribution in [2.75, 3.05) is 6.61 Å². The summed E-state index contributed by atoms with van der Waals surface area (Å²) in [4.78, 5) is 16.3. The first kappa shape index (κ1) is 10.9. The number of pyridine rings is 1. The fraction of sp³-hybridized carbons (Fsp3) is 0.385. The minimum atomic E-state index is -0.00259. The van der Waals surface area contributed by atoms with Crippen molar-refractivity contribution in [3.8, 4) is 0 Å². The van der Waals surface area contributed by atoms with Crippen LogP contribution in [0.4, 0.5) is 0 Å². The topological polar surface area (TPSA) is 39.2 Å². The third kappa shape index (κ3) is 2.13. The van der Waals surface area contributed by atoms with E-state index in [9.17, 15) is 4.79 Å². The Morgan fingerprint density at radius 1 is 1.44 bits per heavy atom. The highest BCUT2D eigenvalue weighted by atomic mass is 16.5. The van der Waals surface area contributed by atoms with Gasteiger partial charge in [-0.1, -0.05) is 6.07 Å². The van der Waals surface area contributed by atoms with Crippen LogP contribution in [0.3, 0.4) is 0 Å². The van der Waals surface area contributed by atoms with Crippen LogP contribution in [-0.2, 0) is 4.74 Å². The molecule has 0 aliphatic carbocycles. The normalized spacial score (nSPS) is 15.2. The monoisotopic (exact) mass is 217 g/mol. The largest absolute Gasteiger partial charge is 0.501 e. The maximum absolute atomic E-state index is 12.1. The molecule has 1 aromatic rings. The Morgan fingerprint density at radius 2 is 2.25 bits per heavy atom. The number of ketones is 1. The maximum Gasteiger partial charge on any atom is 0.210 e. The van der Waals surface area contributed by atoms with Gasteiger partial charge in [-0.15, -0.1) is 0 Å². The molecule has 3 heteroatoms. The van der Waals surface area contributed by atoms with E-state index in [4.69, 9.17) is 4.74 Å². The van der Waals surface area contributed by atoms with Gasteiger partial charge in [0, 0.05) is 11.8 Å². The molecule has 0 bridgehead atoms. The summed E-state index contributed by atoms with van der Waals surface area (Å²) in [5.41, 5.74) is 3.27. The molecule has 2 heterocycles. The Labute approximate surface area is 95.2 Å². The van der Waals surface area contributed by atoms with E-state index in [1.165, 1.54) is 0 Å². The Balaban J connectivity index is 2.30. The molecule has 1 aromatic heterocycles. The van der Waals surface area contributed by atoms with Crippen LogP contribution in [0.15, 0.2) is 24.1 Å². The second kappa shape index (κ2) is 4.47. The zero-order chi connectivity index (χ0) is 11.5. The van der Waals surface area contributed by atoms with E-state index in [-0.39, 0.29) is 5.78 Å². The van der Waals surface area contributed by atoms with E-state index in [0.717, 1.165) is 29.5 Å². The molecule has 0 saturated heterocycles. The first-order chi connectivity index (χ1) is 7.68. The van der Waals surface area contributed by atoms with E-state index in [0.29, 0.717) is 12.3 Å². The number of nitrogens with zero attached hydrogens (tertiary/aromatic N) is 1. The minimum Gasteiger partial charge on any atom is -0.501 e. The number of aromatic nitrogens is 1. The molecule has 0 unspecified atom stereocenters. The highest BCUT2D eigenvalue weighted by molar-refractivity contribution is 6.08. The number of ether oxygens (including phenoxy) is 1. The van der Waals surface area contributed by atoms with Crippen molar-refractivity contribution < 1.29 is 9.53 Å². The van der Waals surface area contributed by atoms with E-state index in [1.807, 2.05) is 19.9 Å². The lowest BCUT2D eigenvalue weighted by Crippen LogP contribution is -2.12. The summed E-state index contributed by atoms with van der Waals surface area (Å²) < 4.78 is 5.18. The van der Waals surface area contributed by atoms with Gasteiger partial charge in [-0.05, 0) is 37.8 Å². The standard InChI is InChI=1S/C13H15NO2/c1-9-6-10(2)12(14-7-9)13(15)11-4-3-5-16-8-11/h6-8H,3-5H2,1-2H3. The number of aryl methyl sites for hydroxylation is 2. The summed E-state index contributed by atoms with van der Waals surface area (Å²) in [6.07, 6.45) is 4.99. The summed E-state index contributed by atoms with van der Waals surface area (Å²) in [5.74, 6) is -0.00259. The van der Waals surface area contributed by atoms with Crippen LogP contribution >= 0.6 is 0 Å². The van der Waals surface area contributed by atoms with Gasteiger partial charge in [0.1, 0.15) is 5.69 Å². The maximum atomic E-state index is 12.1. The van der Waals surface area contributed by atoms with Gasteiger partial charge in [0.2, 0.25) is 5.78 Å². The fourth-order valence-electron chi connectivity index (χ4n) is 1.84. The molecule has 1 aliphatic rings.